The van der Waals surface area contributed by atoms with Gasteiger partial charge in [-0.15, -0.1) is 0 Å². The molecule has 0 saturated heterocycles. The standard InChI is InChI=1S/3C14H28O2.C12H26S.In/c3*1-2-3-4-5-6-7-8-9-10-11-12-13-14(15)16;1-2-3-4-5-6-7-8-9-10-11-12-13;/h3*2-13H2,1H3,(H,15,16);13H,2-12H2,1H3;/q;;;;+3/p-3. The van der Waals surface area contributed by atoms with Crippen molar-refractivity contribution in [3.05, 3.63) is 0 Å². The molecule has 0 aromatic rings. The van der Waals surface area contributed by atoms with E-state index in [1.165, 1.54) is 238 Å². The van der Waals surface area contributed by atoms with Crippen LogP contribution >= 0.6 is 12.6 Å². The van der Waals surface area contributed by atoms with Crippen LogP contribution < -0.4 is 15.3 Å². The average molecular weight is 999 g/mol. The molecule has 368 valence electrons. The van der Waals surface area contributed by atoms with Gasteiger partial charge in [-0.05, 0) is 50.7 Å². The van der Waals surface area contributed by atoms with Crippen molar-refractivity contribution in [3.8, 4) is 0 Å². The maximum atomic E-state index is 10.1. The largest absolute Gasteiger partial charge is 3.00 e. The Balaban J connectivity index is -0.000000232. The van der Waals surface area contributed by atoms with Crippen molar-refractivity contribution in [2.24, 2.45) is 0 Å². The summed E-state index contributed by atoms with van der Waals surface area (Å²) in [6, 6.07) is 0. The fourth-order valence-corrected chi connectivity index (χ4v) is 7.62. The Morgan fingerprint density at radius 1 is 0.258 bits per heavy atom. The number of carboxylic acids is 3. The predicted octanol–water partition coefficient (Wildman–Crippen LogP) is 14.8. The normalized spacial score (nSPS) is 10.4. The van der Waals surface area contributed by atoms with Crippen molar-refractivity contribution in [1.82, 2.24) is 0 Å². The summed E-state index contributed by atoms with van der Waals surface area (Å²) in [5.74, 6) is -1.65. The van der Waals surface area contributed by atoms with Crippen LogP contribution in [-0.4, -0.2) is 49.5 Å². The van der Waals surface area contributed by atoms with Gasteiger partial charge >= 0.3 is 25.8 Å². The van der Waals surface area contributed by atoms with E-state index in [0.29, 0.717) is 0 Å². The second-order valence-corrected chi connectivity index (χ2v) is 18.3. The molecule has 0 spiro atoms. The van der Waals surface area contributed by atoms with Crippen LogP contribution in [0.25, 0.3) is 0 Å². The topological polar surface area (TPSA) is 120 Å². The van der Waals surface area contributed by atoms with E-state index in [9.17, 15) is 29.7 Å². The van der Waals surface area contributed by atoms with E-state index in [2.05, 4.69) is 40.3 Å². The minimum absolute atomic E-state index is 0. The van der Waals surface area contributed by atoms with Crippen molar-refractivity contribution in [3.63, 3.8) is 0 Å². The van der Waals surface area contributed by atoms with Crippen molar-refractivity contribution < 1.29 is 29.7 Å². The van der Waals surface area contributed by atoms with Gasteiger partial charge in [-0.3, -0.25) is 0 Å². The van der Waals surface area contributed by atoms with Crippen LogP contribution in [0.15, 0.2) is 0 Å². The maximum absolute atomic E-state index is 10.1. The van der Waals surface area contributed by atoms with E-state index in [4.69, 9.17) is 0 Å². The Kier molecular flexibility index (Phi) is 79.4. The fourth-order valence-electron chi connectivity index (χ4n) is 7.40. The Bertz CT molecular complexity index is 718. The summed E-state index contributed by atoms with van der Waals surface area (Å²) in [6.07, 6.45) is 56.3. The number of unbranched alkanes of at least 4 members (excludes halogenated alkanes) is 39. The zero-order valence-corrected chi connectivity index (χ0v) is 46.4. The van der Waals surface area contributed by atoms with Crippen molar-refractivity contribution >= 4 is 56.4 Å². The molecule has 0 aliphatic heterocycles. The molecule has 8 heteroatoms. The number of carboxylic acid groups (broad SMARTS) is 3. The molecule has 0 N–H and O–H groups in total. The molecule has 0 fully saturated rings. The van der Waals surface area contributed by atoms with E-state index < -0.39 is 17.9 Å². The zero-order valence-electron chi connectivity index (χ0n) is 42.2. The molecule has 0 aliphatic rings. The third-order valence-corrected chi connectivity index (χ3v) is 11.8. The SMILES string of the molecule is CCCCCCCCCCCCCC(=O)[O-].CCCCCCCCCCCCCC(=O)[O-].CCCCCCCCCCCCCC(=O)[O-].CCCCCCCCCCCCS.[In+3]. The van der Waals surface area contributed by atoms with E-state index >= 15 is 0 Å². The monoisotopic (exact) mass is 999 g/mol. The Labute approximate surface area is 412 Å². The van der Waals surface area contributed by atoms with Crippen molar-refractivity contribution in [1.29, 1.82) is 0 Å². The van der Waals surface area contributed by atoms with Gasteiger partial charge in [-0.2, -0.15) is 12.6 Å². The van der Waals surface area contributed by atoms with E-state index in [1.807, 2.05) is 0 Å². The first-order valence-electron chi connectivity index (χ1n) is 26.9. The molecule has 0 radical (unpaired) electrons. The molecule has 0 unspecified atom stereocenters. The van der Waals surface area contributed by atoms with Gasteiger partial charge in [0, 0.05) is 17.9 Å². The van der Waals surface area contributed by atoms with Crippen LogP contribution in [0.3, 0.4) is 0 Å². The number of thiol groups is 1. The molecule has 62 heavy (non-hydrogen) atoms. The first kappa shape index (κ1) is 70.6. The van der Waals surface area contributed by atoms with Crippen LogP contribution in [0.1, 0.15) is 323 Å². The molecule has 0 amide bonds. The predicted molar refractivity (Wildman–Crippen MR) is 270 cm³/mol. The number of hydrogen-bond donors (Lipinski definition) is 1. The minimum atomic E-state index is -0.907. The third-order valence-electron chi connectivity index (χ3n) is 11.5. The Morgan fingerprint density at radius 3 is 0.516 bits per heavy atom. The molecule has 0 rings (SSSR count). The molecule has 0 saturated carbocycles. The van der Waals surface area contributed by atoms with Gasteiger partial charge in [0.1, 0.15) is 0 Å². The van der Waals surface area contributed by atoms with Gasteiger partial charge in [0.2, 0.25) is 0 Å². The summed E-state index contributed by atoms with van der Waals surface area (Å²) >= 11 is 4.20. The smallest absolute Gasteiger partial charge is 0.550 e. The van der Waals surface area contributed by atoms with Gasteiger partial charge in [0.25, 0.3) is 0 Å². The van der Waals surface area contributed by atoms with Gasteiger partial charge in [-0.25, -0.2) is 0 Å². The van der Waals surface area contributed by atoms with Crippen LogP contribution in [0.2, 0.25) is 0 Å². The van der Waals surface area contributed by atoms with Crippen molar-refractivity contribution in [2.75, 3.05) is 5.75 Å². The maximum Gasteiger partial charge on any atom is 3.00 e. The van der Waals surface area contributed by atoms with Crippen LogP contribution in [0, 0.1) is 0 Å². The van der Waals surface area contributed by atoms with Gasteiger partial charge in [0.05, 0.1) is 0 Å². The third kappa shape index (κ3) is 86.7. The van der Waals surface area contributed by atoms with Gasteiger partial charge < -0.3 is 29.7 Å². The zero-order chi connectivity index (χ0) is 46.0. The first-order chi connectivity index (χ1) is 29.7. The van der Waals surface area contributed by atoms with E-state index in [0.717, 1.165) is 44.3 Å². The number of aliphatic carboxylic acids is 3. The van der Waals surface area contributed by atoms with Crippen LogP contribution in [0.5, 0.6) is 0 Å². The number of carbonyl (C=O) groups excluding carboxylic acids is 3. The van der Waals surface area contributed by atoms with Gasteiger partial charge in [0.15, 0.2) is 0 Å². The molecule has 0 atom stereocenters. The Hall–Kier alpha value is -0.370. The summed E-state index contributed by atoms with van der Waals surface area (Å²) in [5.41, 5.74) is 0. The summed E-state index contributed by atoms with van der Waals surface area (Å²) in [6.45, 7) is 9.00. The summed E-state index contributed by atoms with van der Waals surface area (Å²) in [7, 11) is 0. The van der Waals surface area contributed by atoms with Crippen LogP contribution in [-0.2, 0) is 14.4 Å². The summed E-state index contributed by atoms with van der Waals surface area (Å²) in [5, 5.41) is 30.4. The number of rotatable bonds is 46. The average Bonchev–Trinajstić information content (AvgIpc) is 3.23. The first-order valence-corrected chi connectivity index (χ1v) is 27.6. The molecule has 0 bridgehead atoms. The van der Waals surface area contributed by atoms with E-state index in [1.54, 1.807) is 0 Å². The number of carbonyl (C=O) groups is 3. The second-order valence-electron chi connectivity index (χ2n) is 17.9. The molecule has 0 aromatic carbocycles. The minimum Gasteiger partial charge on any atom is -0.550 e. The Morgan fingerprint density at radius 2 is 0.387 bits per heavy atom. The van der Waals surface area contributed by atoms with Crippen LogP contribution in [0.4, 0.5) is 0 Å². The van der Waals surface area contributed by atoms with E-state index in [-0.39, 0.29) is 45.1 Å². The van der Waals surface area contributed by atoms with Gasteiger partial charge in [-0.1, -0.05) is 278 Å². The van der Waals surface area contributed by atoms with Crippen molar-refractivity contribution in [2.45, 2.75) is 323 Å². The molecule has 0 aliphatic carbocycles. The summed E-state index contributed by atoms with van der Waals surface area (Å²) < 4.78 is 0. The molecule has 0 aromatic heterocycles. The molecular formula is C54H107InO6S. The summed E-state index contributed by atoms with van der Waals surface area (Å²) in [4.78, 5) is 30.4. The molecule has 0 heterocycles. The molecular weight excluding hydrogens is 891 g/mol. The number of hydrogen-bond acceptors (Lipinski definition) is 7. The molecule has 6 nitrogen and oxygen atoms in total. The quantitative estimate of drug-likeness (QED) is 0.0479. The second kappa shape index (κ2) is 69.7. The fraction of sp³-hybridized carbons (Fsp3) is 0.944.